The van der Waals surface area contributed by atoms with Gasteiger partial charge in [0.05, 0.1) is 4.88 Å². The van der Waals surface area contributed by atoms with E-state index in [-0.39, 0.29) is 5.91 Å². The number of amides is 1. The van der Waals surface area contributed by atoms with Gasteiger partial charge >= 0.3 is 0 Å². The van der Waals surface area contributed by atoms with Crippen molar-refractivity contribution in [1.82, 2.24) is 10.2 Å². The van der Waals surface area contributed by atoms with Crippen molar-refractivity contribution in [2.45, 2.75) is 32.3 Å². The number of rotatable bonds is 4. The van der Waals surface area contributed by atoms with Gasteiger partial charge in [-0.1, -0.05) is 29.5 Å². The Morgan fingerprint density at radius 3 is 3.05 bits per heavy atom. The molecule has 1 aliphatic heterocycles. The molecule has 110 valence electrons. The van der Waals surface area contributed by atoms with Crippen LogP contribution in [-0.2, 0) is 16.1 Å². The Kier molecular flexibility index (Phi) is 3.73. The third-order valence-electron chi connectivity index (χ3n) is 3.14. The number of hydrogen-bond donors (Lipinski definition) is 1. The molecule has 0 saturated carbocycles. The lowest BCUT2D eigenvalue weighted by molar-refractivity contribution is -0.135. The molecule has 0 unspecified atom stereocenters. The van der Waals surface area contributed by atoms with Gasteiger partial charge in [0.25, 0.3) is 5.91 Å². The van der Waals surface area contributed by atoms with Crippen LogP contribution in [0.15, 0.2) is 22.7 Å². The monoisotopic (exact) mass is 322 g/mol. The predicted molar refractivity (Wildman–Crippen MR) is 82.9 cm³/mol. The first-order valence-electron chi connectivity index (χ1n) is 6.53. The fourth-order valence-electron chi connectivity index (χ4n) is 1.91. The van der Waals surface area contributed by atoms with Gasteiger partial charge in [0.2, 0.25) is 10.7 Å². The first-order chi connectivity index (χ1) is 10.1. The van der Waals surface area contributed by atoms with Crippen molar-refractivity contribution in [3.63, 3.8) is 0 Å². The number of anilines is 1. The van der Waals surface area contributed by atoms with E-state index in [1.165, 1.54) is 11.3 Å². The summed E-state index contributed by atoms with van der Waals surface area (Å²) in [4.78, 5) is 18.8. The van der Waals surface area contributed by atoms with Crippen LogP contribution in [0.25, 0.3) is 0 Å². The van der Waals surface area contributed by atoms with Gasteiger partial charge in [-0.05, 0) is 24.8 Å². The topological polar surface area (TPSA) is 76.5 Å². The Balaban J connectivity index is 1.68. The second-order valence-corrected chi connectivity index (χ2v) is 6.83. The summed E-state index contributed by atoms with van der Waals surface area (Å²) in [5.41, 5.74) is -0.202. The maximum Gasteiger partial charge on any atom is 0.273 e. The molecule has 2 aromatic rings. The third-order valence-corrected chi connectivity index (χ3v) is 5.04. The Morgan fingerprint density at radius 1 is 1.52 bits per heavy atom. The number of oxime groups is 1. The lowest BCUT2D eigenvalue weighted by Crippen LogP contribution is -2.40. The van der Waals surface area contributed by atoms with E-state index in [0.717, 1.165) is 22.0 Å². The van der Waals surface area contributed by atoms with E-state index in [1.54, 1.807) is 18.3 Å². The largest absolute Gasteiger partial charge is 0.379 e. The molecule has 21 heavy (non-hydrogen) atoms. The number of thiophene rings is 1. The highest BCUT2D eigenvalue weighted by Crippen LogP contribution is 2.29. The highest BCUT2D eigenvalue weighted by atomic mass is 32.1. The van der Waals surface area contributed by atoms with Crippen molar-refractivity contribution in [3.05, 3.63) is 27.4 Å². The van der Waals surface area contributed by atoms with Crippen LogP contribution in [0.1, 0.15) is 30.2 Å². The molecule has 0 spiro atoms. The van der Waals surface area contributed by atoms with Gasteiger partial charge in [-0.25, -0.2) is 0 Å². The molecule has 0 radical (unpaired) electrons. The zero-order valence-corrected chi connectivity index (χ0v) is 13.3. The van der Waals surface area contributed by atoms with E-state index in [9.17, 15) is 4.79 Å². The minimum Gasteiger partial charge on any atom is -0.379 e. The SMILES string of the molecule is CCc1nnc(NC(=O)[C@]2(C)CC(c3cccs3)=NO2)s1. The minimum atomic E-state index is -1.00. The van der Waals surface area contributed by atoms with Crippen LogP contribution in [0.5, 0.6) is 0 Å². The molecule has 6 nitrogen and oxygen atoms in total. The molecular weight excluding hydrogens is 308 g/mol. The molecule has 0 saturated heterocycles. The van der Waals surface area contributed by atoms with Crippen LogP contribution in [0.2, 0.25) is 0 Å². The average Bonchev–Trinajstić information content (AvgIpc) is 3.18. The summed E-state index contributed by atoms with van der Waals surface area (Å²) in [5.74, 6) is -0.253. The van der Waals surface area contributed by atoms with E-state index in [4.69, 9.17) is 4.84 Å². The van der Waals surface area contributed by atoms with Crippen LogP contribution in [0.3, 0.4) is 0 Å². The van der Waals surface area contributed by atoms with E-state index < -0.39 is 5.60 Å². The summed E-state index contributed by atoms with van der Waals surface area (Å²) in [6, 6.07) is 3.92. The predicted octanol–water partition coefficient (Wildman–Crippen LogP) is 2.68. The first-order valence-corrected chi connectivity index (χ1v) is 8.23. The number of aromatic nitrogens is 2. The lowest BCUT2D eigenvalue weighted by Gasteiger charge is -2.19. The van der Waals surface area contributed by atoms with E-state index in [1.807, 2.05) is 24.4 Å². The molecule has 3 heterocycles. The molecule has 0 aromatic carbocycles. The van der Waals surface area contributed by atoms with Crippen LogP contribution in [0.4, 0.5) is 5.13 Å². The molecule has 0 fully saturated rings. The number of hydrogen-bond acceptors (Lipinski definition) is 7. The lowest BCUT2D eigenvalue weighted by atomic mass is 9.98. The van der Waals surface area contributed by atoms with Gasteiger partial charge in [0.15, 0.2) is 0 Å². The molecule has 1 N–H and O–H groups in total. The van der Waals surface area contributed by atoms with Crippen molar-refractivity contribution >= 4 is 39.4 Å². The molecule has 3 rings (SSSR count). The summed E-state index contributed by atoms with van der Waals surface area (Å²) in [6.07, 6.45) is 1.24. The number of nitrogens with zero attached hydrogens (tertiary/aromatic N) is 3. The number of nitrogens with one attached hydrogen (secondary N) is 1. The molecule has 0 aliphatic carbocycles. The van der Waals surface area contributed by atoms with Gasteiger partial charge in [0, 0.05) is 6.42 Å². The van der Waals surface area contributed by atoms with Gasteiger partial charge < -0.3 is 4.84 Å². The molecular formula is C13H14N4O2S2. The maximum atomic E-state index is 12.4. The summed E-state index contributed by atoms with van der Waals surface area (Å²) in [7, 11) is 0. The standard InChI is InChI=1S/C13H14N4O2S2/c1-3-10-15-16-12(21-10)14-11(18)13(2)7-8(17-19-13)9-5-4-6-20-9/h4-6H,3,7H2,1-2H3,(H,14,16,18)/t13-/m0/s1. The van der Waals surface area contributed by atoms with Crippen molar-refractivity contribution in [2.75, 3.05) is 5.32 Å². The summed E-state index contributed by atoms with van der Waals surface area (Å²) >= 11 is 2.95. The highest BCUT2D eigenvalue weighted by Gasteiger charge is 2.42. The molecule has 8 heteroatoms. The first kappa shape index (κ1) is 14.2. The van der Waals surface area contributed by atoms with Gasteiger partial charge in [-0.2, -0.15) is 0 Å². The van der Waals surface area contributed by atoms with Gasteiger partial charge in [0.1, 0.15) is 10.7 Å². The van der Waals surface area contributed by atoms with Crippen molar-refractivity contribution in [3.8, 4) is 0 Å². The van der Waals surface area contributed by atoms with Gasteiger partial charge in [-0.15, -0.1) is 21.5 Å². The second-order valence-electron chi connectivity index (χ2n) is 4.82. The van der Waals surface area contributed by atoms with Crippen molar-refractivity contribution in [2.24, 2.45) is 5.16 Å². The van der Waals surface area contributed by atoms with Crippen molar-refractivity contribution in [1.29, 1.82) is 0 Å². The quantitative estimate of drug-likeness (QED) is 0.939. The molecule has 1 atom stereocenters. The Bertz CT molecular complexity index is 680. The van der Waals surface area contributed by atoms with E-state index in [2.05, 4.69) is 20.7 Å². The second kappa shape index (κ2) is 5.53. The highest BCUT2D eigenvalue weighted by molar-refractivity contribution is 7.15. The fourth-order valence-corrected chi connectivity index (χ4v) is 3.29. The van der Waals surface area contributed by atoms with Crippen LogP contribution < -0.4 is 5.32 Å². The van der Waals surface area contributed by atoms with Crippen LogP contribution >= 0.6 is 22.7 Å². The molecule has 1 aliphatic rings. The third kappa shape index (κ3) is 2.81. The normalized spacial score (nSPS) is 21.0. The average molecular weight is 322 g/mol. The Labute approximate surface area is 129 Å². The Hall–Kier alpha value is -1.80. The smallest absolute Gasteiger partial charge is 0.273 e. The zero-order chi connectivity index (χ0) is 14.9. The fraction of sp³-hybridized carbons (Fsp3) is 0.385. The van der Waals surface area contributed by atoms with Gasteiger partial charge in [-0.3, -0.25) is 10.1 Å². The maximum absolute atomic E-state index is 12.4. The number of carbonyl (C=O) groups is 1. The summed E-state index contributed by atoms with van der Waals surface area (Å²) in [6.45, 7) is 3.73. The van der Waals surface area contributed by atoms with Crippen molar-refractivity contribution < 1.29 is 9.63 Å². The molecule has 2 aromatic heterocycles. The van der Waals surface area contributed by atoms with Crippen LogP contribution in [0, 0.1) is 0 Å². The molecule has 1 amide bonds. The van der Waals surface area contributed by atoms with E-state index in [0.29, 0.717) is 11.6 Å². The molecule has 0 bridgehead atoms. The number of carbonyl (C=O) groups excluding carboxylic acids is 1. The Morgan fingerprint density at radius 2 is 2.38 bits per heavy atom. The number of aryl methyl sites for hydroxylation is 1. The summed E-state index contributed by atoms with van der Waals surface area (Å²) in [5, 5.41) is 18.1. The van der Waals surface area contributed by atoms with Crippen LogP contribution in [-0.4, -0.2) is 27.4 Å². The van der Waals surface area contributed by atoms with E-state index >= 15 is 0 Å². The minimum absolute atomic E-state index is 0.253. The summed E-state index contributed by atoms with van der Waals surface area (Å²) < 4.78 is 0. The zero-order valence-electron chi connectivity index (χ0n) is 11.6.